The van der Waals surface area contributed by atoms with Gasteiger partial charge in [-0.15, -0.1) is 0 Å². The van der Waals surface area contributed by atoms with Crippen LogP contribution in [0.3, 0.4) is 0 Å². The Morgan fingerprint density at radius 2 is 2.06 bits per heavy atom. The van der Waals surface area contributed by atoms with Gasteiger partial charge in [0.1, 0.15) is 0 Å². The van der Waals surface area contributed by atoms with Gasteiger partial charge in [0.2, 0.25) is 10.0 Å². The summed E-state index contributed by atoms with van der Waals surface area (Å²) in [6.07, 6.45) is 4.00. The molecule has 17 heavy (non-hydrogen) atoms. The second-order valence-corrected chi connectivity index (χ2v) is 6.85. The molecule has 0 aromatic carbocycles. The van der Waals surface area contributed by atoms with Gasteiger partial charge in [0.25, 0.3) is 0 Å². The predicted molar refractivity (Wildman–Crippen MR) is 66.4 cm³/mol. The van der Waals surface area contributed by atoms with Gasteiger partial charge in [0.15, 0.2) is 0 Å². The van der Waals surface area contributed by atoms with E-state index in [2.05, 4.69) is 5.32 Å². The van der Waals surface area contributed by atoms with Crippen molar-refractivity contribution in [2.24, 2.45) is 0 Å². The Hall–Kier alpha value is -0.170. The Morgan fingerprint density at radius 3 is 2.82 bits per heavy atom. The molecule has 1 heterocycles. The van der Waals surface area contributed by atoms with Gasteiger partial charge >= 0.3 is 0 Å². The van der Waals surface area contributed by atoms with Crippen molar-refractivity contribution in [3.8, 4) is 0 Å². The molecule has 0 aromatic heterocycles. The normalized spacial score (nSPS) is 23.5. The van der Waals surface area contributed by atoms with Gasteiger partial charge in [0.05, 0.1) is 12.4 Å². The Kier molecular flexibility index (Phi) is 4.78. The van der Waals surface area contributed by atoms with Gasteiger partial charge in [0, 0.05) is 25.7 Å². The molecule has 0 bridgehead atoms. The van der Waals surface area contributed by atoms with Crippen LogP contribution in [0.4, 0.5) is 0 Å². The number of nitrogens with one attached hydrogen (secondary N) is 1. The summed E-state index contributed by atoms with van der Waals surface area (Å²) in [5.41, 5.74) is 0. The first kappa shape index (κ1) is 13.3. The molecule has 1 N–H and O–H groups in total. The van der Waals surface area contributed by atoms with E-state index in [1.54, 1.807) is 4.31 Å². The number of ether oxygens (including phenoxy) is 1. The maximum absolute atomic E-state index is 12.0. The van der Waals surface area contributed by atoms with Gasteiger partial charge in [-0.1, -0.05) is 0 Å². The summed E-state index contributed by atoms with van der Waals surface area (Å²) in [6.45, 7) is 3.14. The third kappa shape index (κ3) is 4.54. The monoisotopic (exact) mass is 262 g/mol. The molecule has 2 fully saturated rings. The predicted octanol–water partition coefficient (Wildman–Crippen LogP) is 0.181. The van der Waals surface area contributed by atoms with E-state index in [0.717, 1.165) is 13.0 Å². The van der Waals surface area contributed by atoms with Crippen LogP contribution in [0, 0.1) is 0 Å². The third-order valence-corrected chi connectivity index (χ3v) is 5.12. The fourth-order valence-electron chi connectivity index (χ4n) is 1.98. The highest BCUT2D eigenvalue weighted by Gasteiger charge is 2.23. The summed E-state index contributed by atoms with van der Waals surface area (Å²) in [6, 6.07) is 0.657. The Balaban J connectivity index is 1.71. The van der Waals surface area contributed by atoms with E-state index in [1.165, 1.54) is 12.8 Å². The number of hydrogen-bond acceptors (Lipinski definition) is 4. The molecule has 0 radical (unpaired) electrons. The largest absolute Gasteiger partial charge is 0.380 e. The van der Waals surface area contributed by atoms with Crippen molar-refractivity contribution in [2.75, 3.05) is 38.6 Å². The topological polar surface area (TPSA) is 58.6 Å². The molecule has 0 aromatic rings. The number of nitrogens with zero attached hydrogens (tertiary/aromatic N) is 1. The molecular weight excluding hydrogens is 240 g/mol. The lowest BCUT2D eigenvalue weighted by Gasteiger charge is -2.19. The lowest BCUT2D eigenvalue weighted by molar-refractivity contribution is 0.148. The third-order valence-electron chi connectivity index (χ3n) is 3.16. The second-order valence-electron chi connectivity index (χ2n) is 4.76. The molecule has 0 amide bonds. The molecular formula is C11H22N2O3S. The first-order valence-corrected chi connectivity index (χ1v) is 8.08. The van der Waals surface area contributed by atoms with E-state index in [0.29, 0.717) is 38.8 Å². The summed E-state index contributed by atoms with van der Waals surface area (Å²) in [5.74, 6) is 0.257. The van der Waals surface area contributed by atoms with E-state index in [9.17, 15) is 8.42 Å². The van der Waals surface area contributed by atoms with E-state index >= 15 is 0 Å². The fourth-order valence-corrected chi connectivity index (χ4v) is 3.51. The molecule has 1 saturated carbocycles. The Bertz CT molecular complexity index is 320. The molecule has 2 rings (SSSR count). The smallest absolute Gasteiger partial charge is 0.214 e. The highest BCUT2D eigenvalue weighted by Crippen LogP contribution is 2.18. The highest BCUT2D eigenvalue weighted by atomic mass is 32.2. The molecule has 5 nitrogen and oxygen atoms in total. The van der Waals surface area contributed by atoms with Crippen LogP contribution in [0.2, 0.25) is 0 Å². The van der Waals surface area contributed by atoms with Crippen molar-refractivity contribution in [1.29, 1.82) is 0 Å². The number of rotatable bonds is 6. The Morgan fingerprint density at radius 1 is 1.24 bits per heavy atom. The van der Waals surface area contributed by atoms with Crippen molar-refractivity contribution in [2.45, 2.75) is 31.7 Å². The van der Waals surface area contributed by atoms with Gasteiger partial charge in [-0.25, -0.2) is 8.42 Å². The molecule has 100 valence electrons. The fraction of sp³-hybridized carbons (Fsp3) is 1.00. The summed E-state index contributed by atoms with van der Waals surface area (Å²) in [4.78, 5) is 0. The number of sulfonamides is 1. The van der Waals surface area contributed by atoms with Crippen LogP contribution in [0.5, 0.6) is 0 Å². The summed E-state index contributed by atoms with van der Waals surface area (Å²) >= 11 is 0. The molecule has 0 atom stereocenters. The van der Waals surface area contributed by atoms with E-state index in [1.807, 2.05) is 0 Å². The number of hydrogen-bond donors (Lipinski definition) is 1. The minimum absolute atomic E-state index is 0.257. The van der Waals surface area contributed by atoms with Gasteiger partial charge in [-0.2, -0.15) is 4.31 Å². The highest BCUT2D eigenvalue weighted by molar-refractivity contribution is 7.89. The SMILES string of the molecule is O=S(=O)(CCCNC1CC1)N1CCCOCC1. The van der Waals surface area contributed by atoms with E-state index < -0.39 is 10.0 Å². The lowest BCUT2D eigenvalue weighted by Crippen LogP contribution is -2.35. The summed E-state index contributed by atoms with van der Waals surface area (Å²) in [5, 5.41) is 3.34. The zero-order chi connectivity index (χ0) is 12.1. The van der Waals surface area contributed by atoms with Crippen molar-refractivity contribution < 1.29 is 13.2 Å². The van der Waals surface area contributed by atoms with Gasteiger partial charge < -0.3 is 10.1 Å². The van der Waals surface area contributed by atoms with Crippen molar-refractivity contribution in [1.82, 2.24) is 9.62 Å². The molecule has 0 spiro atoms. The first-order valence-electron chi connectivity index (χ1n) is 6.47. The quantitative estimate of drug-likeness (QED) is 0.694. The van der Waals surface area contributed by atoms with Gasteiger partial charge in [-0.3, -0.25) is 0 Å². The van der Waals surface area contributed by atoms with Crippen molar-refractivity contribution in [3.63, 3.8) is 0 Å². The van der Waals surface area contributed by atoms with Crippen LogP contribution in [0.1, 0.15) is 25.7 Å². The average molecular weight is 262 g/mol. The van der Waals surface area contributed by atoms with Crippen molar-refractivity contribution in [3.05, 3.63) is 0 Å². The van der Waals surface area contributed by atoms with Crippen LogP contribution in [-0.2, 0) is 14.8 Å². The van der Waals surface area contributed by atoms with Gasteiger partial charge in [-0.05, 0) is 32.2 Å². The molecule has 0 unspecified atom stereocenters. The first-order chi connectivity index (χ1) is 8.18. The molecule has 1 aliphatic heterocycles. The van der Waals surface area contributed by atoms with Crippen molar-refractivity contribution >= 4 is 10.0 Å². The molecule has 1 aliphatic carbocycles. The van der Waals surface area contributed by atoms with Crippen LogP contribution in [0.15, 0.2) is 0 Å². The van der Waals surface area contributed by atoms with E-state index in [-0.39, 0.29) is 5.75 Å². The maximum atomic E-state index is 12.0. The zero-order valence-corrected chi connectivity index (χ0v) is 11.0. The average Bonchev–Trinajstić information content (AvgIpc) is 3.11. The Labute approximate surface area is 104 Å². The van der Waals surface area contributed by atoms with Crippen LogP contribution < -0.4 is 5.32 Å². The molecule has 6 heteroatoms. The van der Waals surface area contributed by atoms with E-state index in [4.69, 9.17) is 4.74 Å². The zero-order valence-electron chi connectivity index (χ0n) is 10.2. The minimum atomic E-state index is -3.07. The summed E-state index contributed by atoms with van der Waals surface area (Å²) in [7, 11) is -3.07. The van der Waals surface area contributed by atoms with Crippen LogP contribution in [0.25, 0.3) is 0 Å². The second kappa shape index (κ2) is 6.13. The minimum Gasteiger partial charge on any atom is -0.380 e. The molecule has 2 aliphatic rings. The van der Waals surface area contributed by atoms with Crippen LogP contribution in [-0.4, -0.2) is 57.4 Å². The maximum Gasteiger partial charge on any atom is 0.214 e. The summed E-state index contributed by atoms with van der Waals surface area (Å²) < 4.78 is 30.9. The standard InChI is InChI=1S/C11H22N2O3S/c14-17(15,10-1-5-12-11-3-4-11)13-6-2-8-16-9-7-13/h11-12H,1-10H2. The lowest BCUT2D eigenvalue weighted by atomic mass is 10.4. The molecule has 1 saturated heterocycles. The van der Waals surface area contributed by atoms with Crippen LogP contribution >= 0.6 is 0 Å².